The summed E-state index contributed by atoms with van der Waals surface area (Å²) in [6, 6.07) is 0.744. The van der Waals surface area contributed by atoms with Crippen LogP contribution in [-0.4, -0.2) is 60.5 Å². The average Bonchev–Trinajstić information content (AvgIpc) is 3.11. The van der Waals surface area contributed by atoms with Gasteiger partial charge in [0, 0.05) is 19.1 Å². The maximum atomic E-state index is 12.4. The molecule has 2 atom stereocenters. The van der Waals surface area contributed by atoms with Crippen LogP contribution >= 0.6 is 0 Å². The molecule has 3 saturated heterocycles. The molecule has 0 aromatic heterocycles. The smallest absolute Gasteiger partial charge is 0.239 e. The number of piperidine rings is 1. The van der Waals surface area contributed by atoms with Crippen molar-refractivity contribution in [2.75, 3.05) is 32.7 Å². The number of likely N-dealkylation sites (tertiary alicyclic amines) is 2. The summed E-state index contributed by atoms with van der Waals surface area (Å²) in [5, 5.41) is 3.33. The van der Waals surface area contributed by atoms with Gasteiger partial charge >= 0.3 is 0 Å². The second kappa shape index (κ2) is 5.57. The van der Waals surface area contributed by atoms with Gasteiger partial charge in [-0.1, -0.05) is 0 Å². The number of hydrogen-bond acceptors (Lipinski definition) is 3. The minimum Gasteiger partial charge on any atom is -0.340 e. The molecule has 0 bridgehead atoms. The molecule has 4 nitrogen and oxygen atoms in total. The van der Waals surface area contributed by atoms with E-state index in [0.717, 1.165) is 32.5 Å². The summed E-state index contributed by atoms with van der Waals surface area (Å²) in [6.07, 6.45) is 7.33. The number of hydrogen-bond donors (Lipinski definition) is 1. The predicted molar refractivity (Wildman–Crippen MR) is 71.4 cm³/mol. The van der Waals surface area contributed by atoms with Gasteiger partial charge in [0.15, 0.2) is 0 Å². The summed E-state index contributed by atoms with van der Waals surface area (Å²) in [4.78, 5) is 17.1. The molecule has 3 fully saturated rings. The van der Waals surface area contributed by atoms with Gasteiger partial charge in [0.1, 0.15) is 0 Å². The Morgan fingerprint density at radius 3 is 2.56 bits per heavy atom. The summed E-state index contributed by atoms with van der Waals surface area (Å²) in [7, 11) is 0. The summed E-state index contributed by atoms with van der Waals surface area (Å²) >= 11 is 0. The Hall–Kier alpha value is -0.610. The van der Waals surface area contributed by atoms with Crippen molar-refractivity contribution in [3.05, 3.63) is 0 Å². The van der Waals surface area contributed by atoms with Crippen LogP contribution in [0.4, 0.5) is 0 Å². The summed E-state index contributed by atoms with van der Waals surface area (Å²) in [5.41, 5.74) is 0. The van der Waals surface area contributed by atoms with Crippen molar-refractivity contribution in [3.63, 3.8) is 0 Å². The van der Waals surface area contributed by atoms with Gasteiger partial charge in [-0.2, -0.15) is 0 Å². The average molecular weight is 251 g/mol. The Morgan fingerprint density at radius 2 is 1.83 bits per heavy atom. The lowest BCUT2D eigenvalue weighted by atomic mass is 10.0. The molecular formula is C14H25N3O. The van der Waals surface area contributed by atoms with Crippen LogP contribution in [0, 0.1) is 0 Å². The molecule has 0 spiro atoms. The summed E-state index contributed by atoms with van der Waals surface area (Å²) in [5.74, 6) is 0.358. The lowest BCUT2D eigenvalue weighted by molar-refractivity contribution is -0.135. The van der Waals surface area contributed by atoms with E-state index in [1.165, 1.54) is 38.8 Å². The molecule has 18 heavy (non-hydrogen) atoms. The first-order chi connectivity index (χ1) is 8.84. The Balaban J connectivity index is 1.57. The fourth-order valence-electron chi connectivity index (χ4n) is 3.68. The van der Waals surface area contributed by atoms with Crippen LogP contribution < -0.4 is 5.32 Å². The third-order valence-electron chi connectivity index (χ3n) is 4.72. The molecule has 0 aromatic carbocycles. The second-order valence-electron chi connectivity index (χ2n) is 5.97. The molecule has 102 valence electrons. The molecule has 3 aliphatic heterocycles. The minimum absolute atomic E-state index is 0.113. The maximum absolute atomic E-state index is 12.4. The van der Waals surface area contributed by atoms with Crippen molar-refractivity contribution in [1.29, 1.82) is 0 Å². The van der Waals surface area contributed by atoms with Crippen LogP contribution in [0.2, 0.25) is 0 Å². The molecule has 0 radical (unpaired) electrons. The van der Waals surface area contributed by atoms with E-state index in [-0.39, 0.29) is 6.04 Å². The molecule has 3 aliphatic rings. The van der Waals surface area contributed by atoms with Crippen LogP contribution in [0.25, 0.3) is 0 Å². The van der Waals surface area contributed by atoms with Crippen LogP contribution in [0.3, 0.4) is 0 Å². The molecule has 3 heterocycles. The van der Waals surface area contributed by atoms with Gasteiger partial charge in [-0.15, -0.1) is 0 Å². The highest BCUT2D eigenvalue weighted by molar-refractivity contribution is 5.82. The zero-order valence-electron chi connectivity index (χ0n) is 11.2. The van der Waals surface area contributed by atoms with E-state index in [1.807, 2.05) is 0 Å². The standard InChI is InChI=1S/C14H25N3O/c18-14(13-6-3-7-15-13)17-10-4-5-12(11-17)16-8-1-2-9-16/h12-13,15H,1-11H2. The maximum Gasteiger partial charge on any atom is 0.239 e. The lowest BCUT2D eigenvalue weighted by Gasteiger charge is -2.38. The van der Waals surface area contributed by atoms with Crippen LogP contribution in [0.15, 0.2) is 0 Å². The third kappa shape index (κ3) is 2.54. The van der Waals surface area contributed by atoms with Gasteiger partial charge in [-0.25, -0.2) is 0 Å². The van der Waals surface area contributed by atoms with Gasteiger partial charge in [0.25, 0.3) is 0 Å². The largest absolute Gasteiger partial charge is 0.340 e. The zero-order valence-corrected chi connectivity index (χ0v) is 11.2. The van der Waals surface area contributed by atoms with E-state index >= 15 is 0 Å². The van der Waals surface area contributed by atoms with Crippen molar-refractivity contribution in [1.82, 2.24) is 15.1 Å². The van der Waals surface area contributed by atoms with E-state index in [0.29, 0.717) is 11.9 Å². The molecule has 3 rings (SSSR count). The summed E-state index contributed by atoms with van der Waals surface area (Å²) < 4.78 is 0. The van der Waals surface area contributed by atoms with Gasteiger partial charge in [0.2, 0.25) is 5.91 Å². The van der Waals surface area contributed by atoms with Crippen molar-refractivity contribution in [3.8, 4) is 0 Å². The monoisotopic (exact) mass is 251 g/mol. The Kier molecular flexibility index (Phi) is 3.85. The zero-order chi connectivity index (χ0) is 12.4. The minimum atomic E-state index is 0.113. The fourth-order valence-corrected chi connectivity index (χ4v) is 3.68. The molecule has 0 saturated carbocycles. The quantitative estimate of drug-likeness (QED) is 0.789. The fraction of sp³-hybridized carbons (Fsp3) is 0.929. The first-order valence-electron chi connectivity index (χ1n) is 7.61. The second-order valence-corrected chi connectivity index (χ2v) is 5.97. The topological polar surface area (TPSA) is 35.6 Å². The third-order valence-corrected chi connectivity index (χ3v) is 4.72. The van der Waals surface area contributed by atoms with Crippen molar-refractivity contribution in [2.24, 2.45) is 0 Å². The van der Waals surface area contributed by atoms with Gasteiger partial charge < -0.3 is 10.2 Å². The molecule has 0 aliphatic carbocycles. The van der Waals surface area contributed by atoms with Crippen molar-refractivity contribution >= 4 is 5.91 Å². The summed E-state index contributed by atoms with van der Waals surface area (Å²) in [6.45, 7) is 5.45. The number of carbonyl (C=O) groups is 1. The normalized spacial score (nSPS) is 34.1. The molecular weight excluding hydrogens is 226 g/mol. The molecule has 1 N–H and O–H groups in total. The lowest BCUT2D eigenvalue weighted by Crippen LogP contribution is -2.52. The van der Waals surface area contributed by atoms with Crippen LogP contribution in [-0.2, 0) is 4.79 Å². The van der Waals surface area contributed by atoms with Crippen molar-refractivity contribution in [2.45, 2.75) is 50.6 Å². The van der Waals surface area contributed by atoms with Gasteiger partial charge in [-0.05, 0) is 58.2 Å². The first-order valence-corrected chi connectivity index (χ1v) is 7.61. The first kappa shape index (κ1) is 12.4. The van der Waals surface area contributed by atoms with E-state index in [9.17, 15) is 4.79 Å². The number of nitrogens with one attached hydrogen (secondary N) is 1. The predicted octanol–water partition coefficient (Wildman–Crippen LogP) is 0.825. The highest BCUT2D eigenvalue weighted by Gasteiger charge is 2.32. The van der Waals surface area contributed by atoms with Crippen LogP contribution in [0.1, 0.15) is 38.5 Å². The van der Waals surface area contributed by atoms with E-state index < -0.39 is 0 Å². The molecule has 0 aromatic rings. The van der Waals surface area contributed by atoms with Crippen molar-refractivity contribution < 1.29 is 4.79 Å². The van der Waals surface area contributed by atoms with E-state index in [4.69, 9.17) is 0 Å². The Labute approximate surface area is 110 Å². The molecule has 4 heteroatoms. The number of amides is 1. The van der Waals surface area contributed by atoms with E-state index in [2.05, 4.69) is 15.1 Å². The van der Waals surface area contributed by atoms with Gasteiger partial charge in [0.05, 0.1) is 6.04 Å². The SMILES string of the molecule is O=C(C1CCCN1)N1CCCC(N2CCCC2)C1. The highest BCUT2D eigenvalue weighted by atomic mass is 16.2. The number of nitrogens with zero attached hydrogens (tertiary/aromatic N) is 2. The van der Waals surface area contributed by atoms with Crippen LogP contribution in [0.5, 0.6) is 0 Å². The number of carbonyl (C=O) groups excluding carboxylic acids is 1. The Morgan fingerprint density at radius 1 is 1.00 bits per heavy atom. The highest BCUT2D eigenvalue weighted by Crippen LogP contribution is 2.21. The number of rotatable bonds is 2. The van der Waals surface area contributed by atoms with Gasteiger partial charge in [-0.3, -0.25) is 9.69 Å². The molecule has 2 unspecified atom stereocenters. The Bertz CT molecular complexity index is 295. The molecule has 1 amide bonds. The van der Waals surface area contributed by atoms with E-state index in [1.54, 1.807) is 0 Å².